The van der Waals surface area contributed by atoms with Crippen LogP contribution in [0, 0.1) is 17.1 Å². The maximum Gasteiger partial charge on any atom is 0.191 e. The van der Waals surface area contributed by atoms with Gasteiger partial charge in [0.05, 0.1) is 11.6 Å². The number of rotatable bonds is 5. The fourth-order valence-corrected chi connectivity index (χ4v) is 2.41. The molecule has 0 aliphatic carbocycles. The predicted octanol–water partition coefficient (Wildman–Crippen LogP) is 2.77. The van der Waals surface area contributed by atoms with Crippen LogP contribution in [-0.2, 0) is 12.3 Å². The van der Waals surface area contributed by atoms with Gasteiger partial charge in [0.25, 0.3) is 0 Å². The van der Waals surface area contributed by atoms with Crippen molar-refractivity contribution in [3.05, 3.63) is 54.1 Å². The number of hydrogen-bond donors (Lipinski definition) is 0. The summed E-state index contributed by atoms with van der Waals surface area (Å²) in [4.78, 5) is 0. The van der Waals surface area contributed by atoms with Crippen LogP contribution in [0.5, 0.6) is 0 Å². The van der Waals surface area contributed by atoms with Crippen molar-refractivity contribution in [2.75, 3.05) is 0 Å². The van der Waals surface area contributed by atoms with Crippen molar-refractivity contribution in [2.45, 2.75) is 17.5 Å². The van der Waals surface area contributed by atoms with Gasteiger partial charge in [0.2, 0.25) is 0 Å². The first kappa shape index (κ1) is 13.3. The summed E-state index contributed by atoms with van der Waals surface area (Å²) in [7, 11) is 0. The van der Waals surface area contributed by atoms with Gasteiger partial charge in [-0.3, -0.25) is 0 Å². The van der Waals surface area contributed by atoms with Gasteiger partial charge >= 0.3 is 0 Å². The van der Waals surface area contributed by atoms with Crippen molar-refractivity contribution in [3.8, 4) is 6.07 Å². The van der Waals surface area contributed by atoms with Gasteiger partial charge in [-0.15, -0.1) is 16.8 Å². The smallest absolute Gasteiger partial charge is 0.191 e. The SMILES string of the molecule is C=CCn1cnnc1SCc1ccc(C#N)cc1F. The molecule has 0 aliphatic rings. The molecule has 0 saturated carbocycles. The summed E-state index contributed by atoms with van der Waals surface area (Å²) in [6, 6.07) is 6.37. The minimum absolute atomic E-state index is 0.320. The van der Waals surface area contributed by atoms with Gasteiger partial charge in [-0.1, -0.05) is 23.9 Å². The van der Waals surface area contributed by atoms with E-state index >= 15 is 0 Å². The molecule has 6 heteroatoms. The van der Waals surface area contributed by atoms with Crippen LogP contribution in [0.1, 0.15) is 11.1 Å². The zero-order valence-electron chi connectivity index (χ0n) is 10.1. The highest BCUT2D eigenvalue weighted by Crippen LogP contribution is 2.22. The van der Waals surface area contributed by atoms with Crippen LogP contribution in [0.3, 0.4) is 0 Å². The van der Waals surface area contributed by atoms with E-state index in [1.807, 2.05) is 10.6 Å². The second kappa shape index (κ2) is 6.16. The minimum Gasteiger partial charge on any atom is -0.305 e. The van der Waals surface area contributed by atoms with Crippen molar-refractivity contribution in [1.29, 1.82) is 5.26 Å². The standard InChI is InChI=1S/C13H11FN4S/c1-2-5-18-9-16-17-13(18)19-8-11-4-3-10(7-15)6-12(11)14/h2-4,6,9H,1,5,8H2. The molecule has 0 radical (unpaired) electrons. The normalized spacial score (nSPS) is 10.1. The molecule has 0 spiro atoms. The molecular formula is C13H11FN4S. The molecule has 0 aliphatic heterocycles. The number of halogens is 1. The fraction of sp³-hybridized carbons (Fsp3) is 0.154. The van der Waals surface area contributed by atoms with Crippen LogP contribution < -0.4 is 0 Å². The number of benzene rings is 1. The molecule has 4 nitrogen and oxygen atoms in total. The van der Waals surface area contributed by atoms with Gasteiger partial charge in [0, 0.05) is 12.3 Å². The second-order valence-corrected chi connectivity index (χ2v) is 4.70. The Morgan fingerprint density at radius 1 is 1.53 bits per heavy atom. The van der Waals surface area contributed by atoms with Crippen molar-refractivity contribution >= 4 is 11.8 Å². The molecule has 19 heavy (non-hydrogen) atoms. The maximum absolute atomic E-state index is 13.7. The zero-order valence-corrected chi connectivity index (χ0v) is 10.9. The maximum atomic E-state index is 13.7. The van der Waals surface area contributed by atoms with Crippen molar-refractivity contribution in [1.82, 2.24) is 14.8 Å². The molecule has 0 unspecified atom stereocenters. The lowest BCUT2D eigenvalue weighted by atomic mass is 10.1. The molecule has 0 N–H and O–H groups in total. The molecule has 0 atom stereocenters. The van der Waals surface area contributed by atoms with Crippen LogP contribution in [0.4, 0.5) is 4.39 Å². The van der Waals surface area contributed by atoms with Crippen LogP contribution in [0.2, 0.25) is 0 Å². The third-order valence-corrected chi connectivity index (χ3v) is 3.47. The average molecular weight is 274 g/mol. The molecule has 0 fully saturated rings. The van der Waals surface area contributed by atoms with Crippen LogP contribution in [-0.4, -0.2) is 14.8 Å². The Balaban J connectivity index is 2.08. The summed E-state index contributed by atoms with van der Waals surface area (Å²) in [5, 5.41) is 17.2. The number of thioether (sulfide) groups is 1. The number of nitriles is 1. The van der Waals surface area contributed by atoms with Crippen molar-refractivity contribution in [3.63, 3.8) is 0 Å². The Labute approximate surface area is 114 Å². The highest BCUT2D eigenvalue weighted by atomic mass is 32.2. The van der Waals surface area contributed by atoms with Crippen LogP contribution >= 0.6 is 11.8 Å². The summed E-state index contributed by atoms with van der Waals surface area (Å²) in [5.74, 6) is 0.0641. The topological polar surface area (TPSA) is 54.5 Å². The Kier molecular flexibility index (Phi) is 4.31. The first-order valence-electron chi connectivity index (χ1n) is 5.54. The number of nitrogens with zero attached hydrogens (tertiary/aromatic N) is 4. The van der Waals surface area contributed by atoms with E-state index in [9.17, 15) is 4.39 Å². The molecule has 0 bridgehead atoms. The molecule has 0 saturated heterocycles. The third kappa shape index (κ3) is 3.20. The van der Waals surface area contributed by atoms with Crippen LogP contribution in [0.15, 0.2) is 42.3 Å². The van der Waals surface area contributed by atoms with Crippen molar-refractivity contribution < 1.29 is 4.39 Å². The van der Waals surface area contributed by atoms with E-state index in [2.05, 4.69) is 16.8 Å². The molecule has 2 rings (SSSR count). The number of allylic oxidation sites excluding steroid dienone is 1. The van der Waals surface area contributed by atoms with E-state index in [0.717, 1.165) is 0 Å². The number of aromatic nitrogens is 3. The van der Waals surface area contributed by atoms with Gasteiger partial charge in [0.15, 0.2) is 5.16 Å². The highest BCUT2D eigenvalue weighted by molar-refractivity contribution is 7.98. The molecule has 1 heterocycles. The summed E-state index contributed by atoms with van der Waals surface area (Å²) < 4.78 is 15.5. The Morgan fingerprint density at radius 3 is 3.05 bits per heavy atom. The largest absolute Gasteiger partial charge is 0.305 e. The molecule has 96 valence electrons. The lowest BCUT2D eigenvalue weighted by Gasteiger charge is -2.04. The van der Waals surface area contributed by atoms with E-state index in [1.165, 1.54) is 17.8 Å². The summed E-state index contributed by atoms with van der Waals surface area (Å²) in [5.41, 5.74) is 0.859. The fourth-order valence-electron chi connectivity index (χ4n) is 1.50. The first-order valence-corrected chi connectivity index (χ1v) is 6.53. The molecular weight excluding hydrogens is 263 g/mol. The van der Waals surface area contributed by atoms with Crippen LogP contribution in [0.25, 0.3) is 0 Å². The lowest BCUT2D eigenvalue weighted by Crippen LogP contribution is -1.96. The monoisotopic (exact) mass is 274 g/mol. The van der Waals surface area contributed by atoms with Gasteiger partial charge in [0.1, 0.15) is 12.1 Å². The van der Waals surface area contributed by atoms with Crippen molar-refractivity contribution in [2.24, 2.45) is 0 Å². The molecule has 1 aromatic heterocycles. The third-order valence-electron chi connectivity index (χ3n) is 2.44. The minimum atomic E-state index is -0.374. The van der Waals surface area contributed by atoms with Gasteiger partial charge in [-0.05, 0) is 17.7 Å². The van der Waals surface area contributed by atoms with Gasteiger partial charge in [-0.25, -0.2) is 4.39 Å². The predicted molar refractivity (Wildman–Crippen MR) is 70.9 cm³/mol. The van der Waals surface area contributed by atoms with E-state index in [4.69, 9.17) is 5.26 Å². The molecule has 0 amide bonds. The Morgan fingerprint density at radius 2 is 2.37 bits per heavy atom. The summed E-state index contributed by atoms with van der Waals surface area (Å²) >= 11 is 1.39. The van der Waals surface area contributed by atoms with Gasteiger partial charge < -0.3 is 4.57 Å². The summed E-state index contributed by atoms with van der Waals surface area (Å²) in [6.45, 7) is 4.27. The second-order valence-electron chi connectivity index (χ2n) is 3.76. The Hall–Kier alpha value is -2.13. The highest BCUT2D eigenvalue weighted by Gasteiger charge is 2.08. The van der Waals surface area contributed by atoms with E-state index in [0.29, 0.717) is 28.6 Å². The van der Waals surface area contributed by atoms with E-state index in [1.54, 1.807) is 24.5 Å². The Bertz CT molecular complexity index is 630. The van der Waals surface area contributed by atoms with E-state index in [-0.39, 0.29) is 5.82 Å². The summed E-state index contributed by atoms with van der Waals surface area (Å²) in [6.07, 6.45) is 3.36. The zero-order chi connectivity index (χ0) is 13.7. The number of hydrogen-bond acceptors (Lipinski definition) is 4. The quantitative estimate of drug-likeness (QED) is 0.621. The lowest BCUT2D eigenvalue weighted by molar-refractivity contribution is 0.616. The van der Waals surface area contributed by atoms with Gasteiger partial charge in [-0.2, -0.15) is 5.26 Å². The first-order chi connectivity index (χ1) is 9.24. The molecule has 2 aromatic rings. The molecule has 1 aromatic carbocycles. The van der Waals surface area contributed by atoms with E-state index < -0.39 is 0 Å². The average Bonchev–Trinajstić information content (AvgIpc) is 2.85.